The highest BCUT2D eigenvalue weighted by Crippen LogP contribution is 2.29. The van der Waals surface area contributed by atoms with Crippen LogP contribution in [0.2, 0.25) is 0 Å². The molecule has 78 valence electrons. The number of aromatic nitrogens is 1. The standard InChI is InChI=1S/C7H12N4O2S/c8-4-2-1-3-5-6(11(12)13)14-7(9)10-5/h1-4,8H2,(H2,9,10). The Kier molecular flexibility index (Phi) is 3.78. The fourth-order valence-electron chi connectivity index (χ4n) is 1.10. The lowest BCUT2D eigenvalue weighted by molar-refractivity contribution is -0.381. The van der Waals surface area contributed by atoms with Crippen molar-refractivity contribution in [2.24, 2.45) is 5.73 Å². The van der Waals surface area contributed by atoms with Crippen LogP contribution in [-0.4, -0.2) is 16.5 Å². The molecule has 1 aromatic heterocycles. The van der Waals surface area contributed by atoms with Crippen molar-refractivity contribution in [1.82, 2.24) is 4.98 Å². The summed E-state index contributed by atoms with van der Waals surface area (Å²) in [6, 6.07) is 0. The van der Waals surface area contributed by atoms with Gasteiger partial charge < -0.3 is 11.5 Å². The summed E-state index contributed by atoms with van der Waals surface area (Å²) in [5, 5.41) is 10.9. The quantitative estimate of drug-likeness (QED) is 0.432. The van der Waals surface area contributed by atoms with E-state index in [2.05, 4.69) is 4.98 Å². The zero-order valence-corrected chi connectivity index (χ0v) is 8.42. The number of unbranched alkanes of at least 4 members (excludes halogenated alkanes) is 1. The molecule has 0 aliphatic heterocycles. The predicted octanol–water partition coefficient (Wildman–Crippen LogP) is 0.915. The minimum atomic E-state index is -0.439. The third kappa shape index (κ3) is 2.64. The molecule has 1 aromatic rings. The van der Waals surface area contributed by atoms with Crippen LogP contribution >= 0.6 is 11.3 Å². The van der Waals surface area contributed by atoms with Gasteiger partial charge in [-0.05, 0) is 37.1 Å². The normalized spacial score (nSPS) is 10.4. The first-order valence-corrected chi connectivity index (χ1v) is 5.06. The van der Waals surface area contributed by atoms with Gasteiger partial charge in [0.25, 0.3) is 0 Å². The van der Waals surface area contributed by atoms with Gasteiger partial charge >= 0.3 is 5.00 Å². The number of aryl methyl sites for hydroxylation is 1. The van der Waals surface area contributed by atoms with Gasteiger partial charge in [-0.2, -0.15) is 0 Å². The van der Waals surface area contributed by atoms with Gasteiger partial charge in [0.15, 0.2) is 5.13 Å². The first kappa shape index (κ1) is 10.9. The second-order valence-corrected chi connectivity index (χ2v) is 3.82. The number of hydrogen-bond acceptors (Lipinski definition) is 6. The molecule has 0 aliphatic carbocycles. The number of nitro groups is 1. The van der Waals surface area contributed by atoms with Gasteiger partial charge in [-0.3, -0.25) is 10.1 Å². The molecule has 14 heavy (non-hydrogen) atoms. The Bertz CT molecular complexity index is 325. The van der Waals surface area contributed by atoms with E-state index in [9.17, 15) is 10.1 Å². The van der Waals surface area contributed by atoms with Crippen molar-refractivity contribution < 1.29 is 4.92 Å². The van der Waals surface area contributed by atoms with Crippen molar-refractivity contribution in [1.29, 1.82) is 0 Å². The van der Waals surface area contributed by atoms with Crippen LogP contribution in [0.5, 0.6) is 0 Å². The number of hydrogen-bond donors (Lipinski definition) is 2. The minimum Gasteiger partial charge on any atom is -0.375 e. The molecule has 1 heterocycles. The van der Waals surface area contributed by atoms with Crippen molar-refractivity contribution in [2.45, 2.75) is 19.3 Å². The molecule has 0 amide bonds. The lowest BCUT2D eigenvalue weighted by Gasteiger charge is -1.94. The first-order chi connectivity index (χ1) is 6.65. The summed E-state index contributed by atoms with van der Waals surface area (Å²) in [6.45, 7) is 0.591. The lowest BCUT2D eigenvalue weighted by atomic mass is 10.2. The Balaban J connectivity index is 2.69. The molecule has 6 nitrogen and oxygen atoms in total. The lowest BCUT2D eigenvalue weighted by Crippen LogP contribution is -2.00. The summed E-state index contributed by atoms with van der Waals surface area (Å²) in [6.07, 6.45) is 2.22. The van der Waals surface area contributed by atoms with Gasteiger partial charge in [-0.15, -0.1) is 0 Å². The highest BCUT2D eigenvalue weighted by atomic mass is 32.1. The molecule has 0 radical (unpaired) electrons. The summed E-state index contributed by atoms with van der Waals surface area (Å²) in [4.78, 5) is 14.0. The number of thiazole rings is 1. The van der Waals surface area contributed by atoms with E-state index in [-0.39, 0.29) is 10.1 Å². The predicted molar refractivity (Wildman–Crippen MR) is 55.2 cm³/mol. The van der Waals surface area contributed by atoms with Gasteiger partial charge in [-0.1, -0.05) is 0 Å². The summed E-state index contributed by atoms with van der Waals surface area (Å²) in [7, 11) is 0. The van der Waals surface area contributed by atoms with Crippen LogP contribution in [-0.2, 0) is 6.42 Å². The minimum absolute atomic E-state index is 0.0551. The Morgan fingerprint density at radius 2 is 2.21 bits per heavy atom. The molecule has 1 rings (SSSR count). The van der Waals surface area contributed by atoms with E-state index in [1.165, 1.54) is 0 Å². The second kappa shape index (κ2) is 4.87. The molecule has 0 bridgehead atoms. The largest absolute Gasteiger partial charge is 0.375 e. The van der Waals surface area contributed by atoms with Crippen molar-refractivity contribution >= 4 is 21.5 Å². The number of nitrogens with two attached hydrogens (primary N) is 2. The molecule has 0 aromatic carbocycles. The van der Waals surface area contributed by atoms with E-state index >= 15 is 0 Å². The van der Waals surface area contributed by atoms with Crippen molar-refractivity contribution in [3.8, 4) is 0 Å². The maximum absolute atomic E-state index is 10.6. The summed E-state index contributed by atoms with van der Waals surface area (Å²) < 4.78 is 0. The van der Waals surface area contributed by atoms with Gasteiger partial charge in [-0.25, -0.2) is 4.98 Å². The van der Waals surface area contributed by atoms with Crippen LogP contribution < -0.4 is 11.5 Å². The average molecular weight is 216 g/mol. The van der Waals surface area contributed by atoms with E-state index < -0.39 is 4.92 Å². The third-order valence-electron chi connectivity index (χ3n) is 1.73. The Morgan fingerprint density at radius 1 is 1.50 bits per heavy atom. The van der Waals surface area contributed by atoms with E-state index in [0.717, 1.165) is 24.2 Å². The molecule has 0 spiro atoms. The van der Waals surface area contributed by atoms with Gasteiger partial charge in [0.1, 0.15) is 5.69 Å². The molecule has 0 fully saturated rings. The van der Waals surface area contributed by atoms with E-state index in [1.54, 1.807) is 0 Å². The summed E-state index contributed by atoms with van der Waals surface area (Å²) in [5.74, 6) is 0. The highest BCUT2D eigenvalue weighted by molar-refractivity contribution is 7.18. The van der Waals surface area contributed by atoms with Crippen molar-refractivity contribution in [2.75, 3.05) is 12.3 Å². The van der Waals surface area contributed by atoms with Crippen molar-refractivity contribution in [3.05, 3.63) is 15.8 Å². The number of rotatable bonds is 5. The van der Waals surface area contributed by atoms with Crippen LogP contribution in [0.15, 0.2) is 0 Å². The number of nitrogens with zero attached hydrogens (tertiary/aromatic N) is 2. The summed E-state index contributed by atoms with van der Waals surface area (Å²) in [5.41, 5.74) is 11.2. The van der Waals surface area contributed by atoms with Gasteiger partial charge in [0.2, 0.25) is 0 Å². The maximum atomic E-state index is 10.6. The zero-order valence-electron chi connectivity index (χ0n) is 7.60. The third-order valence-corrected chi connectivity index (χ3v) is 2.61. The Hall–Kier alpha value is -1.21. The van der Waals surface area contributed by atoms with E-state index in [4.69, 9.17) is 11.5 Å². The Morgan fingerprint density at radius 3 is 2.79 bits per heavy atom. The van der Waals surface area contributed by atoms with Crippen LogP contribution in [0.25, 0.3) is 0 Å². The number of anilines is 1. The van der Waals surface area contributed by atoms with Crippen LogP contribution in [0, 0.1) is 10.1 Å². The van der Waals surface area contributed by atoms with Crippen LogP contribution in [0.3, 0.4) is 0 Å². The molecule has 7 heteroatoms. The van der Waals surface area contributed by atoms with Gasteiger partial charge in [0, 0.05) is 0 Å². The molecule has 0 unspecified atom stereocenters. The molecule has 4 N–H and O–H groups in total. The van der Waals surface area contributed by atoms with E-state index in [0.29, 0.717) is 18.7 Å². The molecule has 0 atom stereocenters. The zero-order chi connectivity index (χ0) is 10.6. The average Bonchev–Trinajstić information content (AvgIpc) is 2.47. The SMILES string of the molecule is NCCCCc1nc(N)sc1[N+](=O)[O-]. The molecule has 0 aliphatic rings. The molecule has 0 saturated heterocycles. The Labute approximate surface area is 85.1 Å². The number of nitrogen functional groups attached to an aromatic ring is 1. The van der Waals surface area contributed by atoms with Crippen LogP contribution in [0.4, 0.5) is 10.1 Å². The molecular weight excluding hydrogens is 204 g/mol. The smallest absolute Gasteiger partial charge is 0.348 e. The fraction of sp³-hybridized carbons (Fsp3) is 0.571. The molecule has 0 saturated carbocycles. The monoisotopic (exact) mass is 216 g/mol. The molecular formula is C7H12N4O2S. The van der Waals surface area contributed by atoms with Gasteiger partial charge in [0.05, 0.1) is 4.92 Å². The topological polar surface area (TPSA) is 108 Å². The van der Waals surface area contributed by atoms with Crippen LogP contribution in [0.1, 0.15) is 18.5 Å². The second-order valence-electron chi connectivity index (χ2n) is 2.81. The van der Waals surface area contributed by atoms with E-state index in [1.807, 2.05) is 0 Å². The van der Waals surface area contributed by atoms with Crippen molar-refractivity contribution in [3.63, 3.8) is 0 Å². The highest BCUT2D eigenvalue weighted by Gasteiger charge is 2.19. The summed E-state index contributed by atoms with van der Waals surface area (Å²) >= 11 is 0.917. The first-order valence-electron chi connectivity index (χ1n) is 4.24. The maximum Gasteiger partial charge on any atom is 0.348 e. The fourth-order valence-corrected chi connectivity index (χ4v) is 1.80.